The lowest BCUT2D eigenvalue weighted by Gasteiger charge is -2.56. The molecule has 3 aliphatic rings. The lowest BCUT2D eigenvalue weighted by molar-refractivity contribution is -0.157. The molecule has 0 spiro atoms. The zero-order valence-corrected chi connectivity index (χ0v) is 21.1. The molecule has 2 aliphatic heterocycles. The molecule has 5 unspecified atom stereocenters. The first kappa shape index (κ1) is 25.3. The molecule has 2 saturated heterocycles. The number of benzene rings is 1. The van der Waals surface area contributed by atoms with E-state index in [1.165, 1.54) is 6.07 Å². The molecule has 1 aliphatic carbocycles. The summed E-state index contributed by atoms with van der Waals surface area (Å²) in [5.74, 6) is 0.514. The van der Waals surface area contributed by atoms with Crippen molar-refractivity contribution in [1.29, 1.82) is 0 Å². The van der Waals surface area contributed by atoms with Gasteiger partial charge in [0.05, 0.1) is 5.60 Å². The Kier molecular flexibility index (Phi) is 8.08. The summed E-state index contributed by atoms with van der Waals surface area (Å²) < 4.78 is 0. The monoisotopic (exact) mass is 472 g/mol. The smallest absolute Gasteiger partial charge is 0.225 e. The molecule has 1 aromatic rings. The van der Waals surface area contributed by atoms with E-state index in [1.807, 2.05) is 6.07 Å². The predicted molar refractivity (Wildman–Crippen MR) is 134 cm³/mol. The van der Waals surface area contributed by atoms with E-state index in [2.05, 4.69) is 23.6 Å². The number of unbranched alkanes of at least 4 members (excludes halogenated alkanes) is 2. The second kappa shape index (κ2) is 10.9. The SMILES string of the molecule is CCCCC1CCN(C2CCC3(O)C(CCN(CCCC)C3Cc3ccc(O)c(O)c3)C2)C1=O. The summed E-state index contributed by atoms with van der Waals surface area (Å²) in [6, 6.07) is 5.26. The van der Waals surface area contributed by atoms with Crippen LogP contribution in [0.2, 0.25) is 0 Å². The fourth-order valence-electron chi connectivity index (χ4n) is 6.83. The van der Waals surface area contributed by atoms with Crippen LogP contribution >= 0.6 is 0 Å². The Balaban J connectivity index is 1.49. The zero-order chi connectivity index (χ0) is 24.3. The molecule has 0 bridgehead atoms. The number of rotatable bonds is 9. The Labute approximate surface area is 205 Å². The Bertz CT molecular complexity index is 846. The average Bonchev–Trinajstić information content (AvgIpc) is 3.19. The number of piperidine rings is 1. The standard InChI is InChI=1S/C28H44N2O4/c1-3-5-7-21-11-16-30(27(21)33)23-10-13-28(34)22(19-23)12-15-29(14-6-4-2)26(28)18-20-8-9-24(31)25(32)17-20/h8-9,17,21-23,26,31-32,34H,3-7,10-16,18-19H2,1-2H3. The maximum absolute atomic E-state index is 13.1. The Morgan fingerprint density at radius 3 is 2.56 bits per heavy atom. The van der Waals surface area contributed by atoms with E-state index in [1.54, 1.807) is 6.07 Å². The fraction of sp³-hybridized carbons (Fsp3) is 0.750. The van der Waals surface area contributed by atoms with Gasteiger partial charge in [0.25, 0.3) is 0 Å². The molecule has 0 radical (unpaired) electrons. The molecule has 1 amide bonds. The van der Waals surface area contributed by atoms with Crippen LogP contribution in [0.5, 0.6) is 11.5 Å². The van der Waals surface area contributed by atoms with Crippen LogP contribution in [-0.4, -0.2) is 68.3 Å². The molecule has 3 N–H and O–H groups in total. The summed E-state index contributed by atoms with van der Waals surface area (Å²) >= 11 is 0. The summed E-state index contributed by atoms with van der Waals surface area (Å²) in [6.45, 7) is 7.18. The molecule has 190 valence electrons. The van der Waals surface area contributed by atoms with Crippen molar-refractivity contribution in [1.82, 2.24) is 9.80 Å². The molecule has 2 heterocycles. The molecule has 34 heavy (non-hydrogen) atoms. The highest BCUT2D eigenvalue weighted by atomic mass is 16.3. The van der Waals surface area contributed by atoms with Crippen LogP contribution in [0, 0.1) is 11.8 Å². The number of phenols is 2. The van der Waals surface area contributed by atoms with Crippen molar-refractivity contribution in [3.05, 3.63) is 23.8 Å². The first-order valence-electron chi connectivity index (χ1n) is 13.6. The Morgan fingerprint density at radius 1 is 1.03 bits per heavy atom. The topological polar surface area (TPSA) is 84.2 Å². The quantitative estimate of drug-likeness (QED) is 0.462. The zero-order valence-electron chi connectivity index (χ0n) is 21.1. The minimum absolute atomic E-state index is 0.0192. The van der Waals surface area contributed by atoms with Gasteiger partial charge in [0.15, 0.2) is 11.5 Å². The van der Waals surface area contributed by atoms with Crippen molar-refractivity contribution in [3.63, 3.8) is 0 Å². The number of carbonyl (C=O) groups is 1. The van der Waals surface area contributed by atoms with Crippen molar-refractivity contribution >= 4 is 5.91 Å². The van der Waals surface area contributed by atoms with Crippen LogP contribution in [0.4, 0.5) is 0 Å². The summed E-state index contributed by atoms with van der Waals surface area (Å²) in [5, 5.41) is 31.9. The van der Waals surface area contributed by atoms with Gasteiger partial charge in [-0.25, -0.2) is 0 Å². The number of carbonyl (C=O) groups excluding carboxylic acids is 1. The molecule has 3 fully saturated rings. The lowest BCUT2D eigenvalue weighted by Crippen LogP contribution is -2.65. The number of amides is 1. The predicted octanol–water partition coefficient (Wildman–Crippen LogP) is 4.45. The number of hydrogen-bond acceptors (Lipinski definition) is 5. The van der Waals surface area contributed by atoms with Gasteiger partial charge in [-0.1, -0.05) is 39.2 Å². The number of nitrogens with zero attached hydrogens (tertiary/aromatic N) is 2. The first-order valence-corrected chi connectivity index (χ1v) is 13.6. The van der Waals surface area contributed by atoms with Gasteiger partial charge in [-0.2, -0.15) is 0 Å². The molecular weight excluding hydrogens is 428 g/mol. The molecular formula is C28H44N2O4. The molecule has 1 saturated carbocycles. The van der Waals surface area contributed by atoms with Crippen LogP contribution < -0.4 is 0 Å². The van der Waals surface area contributed by atoms with E-state index in [9.17, 15) is 20.1 Å². The number of likely N-dealkylation sites (tertiary alicyclic amines) is 2. The van der Waals surface area contributed by atoms with Crippen molar-refractivity contribution in [2.24, 2.45) is 11.8 Å². The van der Waals surface area contributed by atoms with Crippen molar-refractivity contribution < 1.29 is 20.1 Å². The van der Waals surface area contributed by atoms with E-state index >= 15 is 0 Å². The van der Waals surface area contributed by atoms with Gasteiger partial charge in [0.2, 0.25) is 5.91 Å². The van der Waals surface area contributed by atoms with Gasteiger partial charge >= 0.3 is 0 Å². The van der Waals surface area contributed by atoms with E-state index < -0.39 is 5.60 Å². The third kappa shape index (κ3) is 5.08. The third-order valence-corrected chi connectivity index (χ3v) is 8.89. The highest BCUT2D eigenvalue weighted by Gasteiger charge is 2.53. The van der Waals surface area contributed by atoms with Crippen LogP contribution in [0.25, 0.3) is 0 Å². The van der Waals surface area contributed by atoms with Crippen LogP contribution in [0.3, 0.4) is 0 Å². The van der Waals surface area contributed by atoms with E-state index in [0.717, 1.165) is 83.0 Å². The van der Waals surface area contributed by atoms with E-state index in [4.69, 9.17) is 0 Å². The maximum Gasteiger partial charge on any atom is 0.225 e. The van der Waals surface area contributed by atoms with E-state index in [0.29, 0.717) is 18.7 Å². The molecule has 4 rings (SSSR count). The van der Waals surface area contributed by atoms with Gasteiger partial charge in [-0.15, -0.1) is 0 Å². The number of aliphatic hydroxyl groups is 1. The molecule has 1 aromatic carbocycles. The molecule has 5 atom stereocenters. The fourth-order valence-corrected chi connectivity index (χ4v) is 6.83. The number of fused-ring (bicyclic) bond motifs is 1. The first-order chi connectivity index (χ1) is 16.4. The van der Waals surface area contributed by atoms with Crippen molar-refractivity contribution in [3.8, 4) is 11.5 Å². The summed E-state index contributed by atoms with van der Waals surface area (Å²) in [7, 11) is 0. The lowest BCUT2D eigenvalue weighted by atomic mass is 9.64. The molecule has 6 nitrogen and oxygen atoms in total. The number of aromatic hydroxyl groups is 2. The summed E-state index contributed by atoms with van der Waals surface area (Å²) in [5.41, 5.74) is 0.145. The number of hydrogen-bond donors (Lipinski definition) is 3. The summed E-state index contributed by atoms with van der Waals surface area (Å²) in [6.07, 6.45) is 10.6. The second-order valence-corrected chi connectivity index (χ2v) is 11.0. The normalized spacial score (nSPS) is 32.2. The van der Waals surface area contributed by atoms with Gasteiger partial charge in [-0.3, -0.25) is 9.69 Å². The van der Waals surface area contributed by atoms with E-state index in [-0.39, 0.29) is 35.4 Å². The third-order valence-electron chi connectivity index (χ3n) is 8.89. The Morgan fingerprint density at radius 2 is 1.82 bits per heavy atom. The van der Waals surface area contributed by atoms with Crippen LogP contribution in [0.1, 0.15) is 83.6 Å². The summed E-state index contributed by atoms with van der Waals surface area (Å²) in [4.78, 5) is 17.7. The van der Waals surface area contributed by atoms with Gasteiger partial charge in [-0.05, 0) is 88.1 Å². The van der Waals surface area contributed by atoms with Crippen molar-refractivity contribution in [2.45, 2.75) is 102 Å². The minimum Gasteiger partial charge on any atom is -0.504 e. The second-order valence-electron chi connectivity index (χ2n) is 11.0. The number of phenolic OH excluding ortho intramolecular Hbond substituents is 2. The highest BCUT2D eigenvalue weighted by molar-refractivity contribution is 5.81. The average molecular weight is 473 g/mol. The molecule has 6 heteroatoms. The largest absolute Gasteiger partial charge is 0.504 e. The van der Waals surface area contributed by atoms with Gasteiger partial charge in [0, 0.05) is 24.5 Å². The van der Waals surface area contributed by atoms with Gasteiger partial charge in [0.1, 0.15) is 0 Å². The minimum atomic E-state index is -0.791. The highest BCUT2D eigenvalue weighted by Crippen LogP contribution is 2.46. The van der Waals surface area contributed by atoms with Crippen LogP contribution in [0.15, 0.2) is 18.2 Å². The van der Waals surface area contributed by atoms with Crippen molar-refractivity contribution in [2.75, 3.05) is 19.6 Å². The Hall–Kier alpha value is -1.79. The molecule has 0 aromatic heterocycles. The van der Waals surface area contributed by atoms with Gasteiger partial charge < -0.3 is 20.2 Å². The maximum atomic E-state index is 13.1. The van der Waals surface area contributed by atoms with Crippen LogP contribution in [-0.2, 0) is 11.2 Å².